The van der Waals surface area contributed by atoms with E-state index in [9.17, 15) is 14.0 Å². The van der Waals surface area contributed by atoms with Crippen LogP contribution in [-0.4, -0.2) is 54.8 Å². The van der Waals surface area contributed by atoms with E-state index in [2.05, 4.69) is 25.1 Å². The number of ether oxygens (including phenoxy) is 2. The van der Waals surface area contributed by atoms with Crippen LogP contribution in [0.4, 0.5) is 9.18 Å². The van der Waals surface area contributed by atoms with Gasteiger partial charge in [-0.05, 0) is 69.9 Å². The average Bonchev–Trinajstić information content (AvgIpc) is 2.88. The Hall–Kier alpha value is -3.42. The number of rotatable bonds is 15. The summed E-state index contributed by atoms with van der Waals surface area (Å²) < 4.78 is 25.5. The number of nitrogens with one attached hydrogen (secondary N) is 1. The van der Waals surface area contributed by atoms with Gasteiger partial charge in [0.1, 0.15) is 18.0 Å². The number of alkyl carbamates (subject to hydrolysis) is 1. The number of carbonyl (C=O) groups excluding carboxylic acids is 2. The fraction of sp³-hybridized carbons (Fsp3) is 0.394. The monoisotopic (exact) mass is 584 g/mol. The first-order valence-electron chi connectivity index (χ1n) is 13.6. The minimum Gasteiger partial charge on any atom is -0.461 e. The molecule has 2 aromatic rings. The number of nitrogens with zero attached hydrogens (tertiary/aromatic N) is 1. The Kier molecular flexibility index (Phi) is 12.8. The molecular weight excluding hydrogens is 543 g/mol. The Morgan fingerprint density at radius 2 is 1.66 bits per heavy atom. The molecule has 0 aliphatic rings. The first-order chi connectivity index (χ1) is 19.3. The quantitative estimate of drug-likeness (QED) is 0.175. The topological polar surface area (TPSA) is 67.9 Å². The number of esters is 1. The van der Waals surface area contributed by atoms with Gasteiger partial charge in [0.25, 0.3) is 0 Å². The average molecular weight is 585 g/mol. The molecule has 0 heterocycles. The number of halogens is 2. The molecule has 0 radical (unpaired) electrons. The van der Waals surface area contributed by atoms with Crippen molar-refractivity contribution in [2.75, 3.05) is 26.2 Å². The predicted octanol–water partition coefficient (Wildman–Crippen LogP) is 7.38. The van der Waals surface area contributed by atoms with Crippen molar-refractivity contribution in [1.29, 1.82) is 0 Å². The van der Waals surface area contributed by atoms with Crippen molar-refractivity contribution >= 4 is 23.7 Å². The fourth-order valence-corrected chi connectivity index (χ4v) is 4.77. The van der Waals surface area contributed by atoms with Crippen LogP contribution in [0.5, 0.6) is 0 Å². The van der Waals surface area contributed by atoms with Gasteiger partial charge < -0.3 is 14.8 Å². The van der Waals surface area contributed by atoms with Crippen molar-refractivity contribution in [1.82, 2.24) is 10.2 Å². The maximum atomic E-state index is 14.4. The van der Waals surface area contributed by atoms with Gasteiger partial charge in [-0.25, -0.2) is 9.18 Å². The van der Waals surface area contributed by atoms with Crippen LogP contribution in [0.2, 0.25) is 5.02 Å². The standard InChI is InChI=1S/C33H42ClFN2O4/c1-8-17-37(18-9-2)23-33(7,30(38)40-19-10-3)22-27(36-31(39)41-32(4,5)6)20-24-11-13-25(14-12-24)28-21-26(34)15-16-29(28)35/h8-16,21,27H,1-3,17-20,22-23H2,4-7H3,(H,36,39)/t27-,33?/m1/s1. The first-order valence-corrected chi connectivity index (χ1v) is 13.9. The van der Waals surface area contributed by atoms with Crippen molar-refractivity contribution < 1.29 is 23.5 Å². The maximum Gasteiger partial charge on any atom is 0.407 e. The summed E-state index contributed by atoms with van der Waals surface area (Å²) in [5, 5.41) is 3.40. The molecule has 1 unspecified atom stereocenters. The molecule has 6 nitrogen and oxygen atoms in total. The van der Waals surface area contributed by atoms with Gasteiger partial charge in [-0.1, -0.05) is 60.7 Å². The Morgan fingerprint density at radius 3 is 2.22 bits per heavy atom. The van der Waals surface area contributed by atoms with Gasteiger partial charge in [0.05, 0.1) is 5.41 Å². The summed E-state index contributed by atoms with van der Waals surface area (Å²) in [5.74, 6) is -0.776. The van der Waals surface area contributed by atoms with E-state index in [1.54, 1.807) is 39.0 Å². The summed E-state index contributed by atoms with van der Waals surface area (Å²) in [6.45, 7) is 20.0. The molecule has 2 atom stereocenters. The lowest BCUT2D eigenvalue weighted by Crippen LogP contribution is -2.49. The van der Waals surface area contributed by atoms with Gasteiger partial charge in [-0.15, -0.1) is 13.2 Å². The third-order valence-electron chi connectivity index (χ3n) is 6.27. The lowest BCUT2D eigenvalue weighted by atomic mass is 9.81. The molecule has 0 spiro atoms. The van der Waals surface area contributed by atoms with Crippen molar-refractivity contribution in [2.24, 2.45) is 5.41 Å². The molecule has 0 aliphatic carbocycles. The van der Waals surface area contributed by atoms with E-state index in [1.165, 1.54) is 18.2 Å². The SMILES string of the molecule is C=CCOC(=O)C(C)(C[C@@H](Cc1ccc(-c2cc(Cl)ccc2F)cc1)NC(=O)OC(C)(C)C)CN(CC=C)CC=C. The molecule has 1 N–H and O–H groups in total. The van der Waals surface area contributed by atoms with Gasteiger partial charge in [-0.2, -0.15) is 0 Å². The van der Waals surface area contributed by atoms with Crippen LogP contribution in [0.1, 0.15) is 39.7 Å². The highest BCUT2D eigenvalue weighted by molar-refractivity contribution is 6.30. The second kappa shape index (κ2) is 15.5. The predicted molar refractivity (Wildman–Crippen MR) is 164 cm³/mol. The van der Waals surface area contributed by atoms with Crippen molar-refractivity contribution in [3.8, 4) is 11.1 Å². The molecule has 41 heavy (non-hydrogen) atoms. The van der Waals surface area contributed by atoms with E-state index in [0.717, 1.165) is 5.56 Å². The molecule has 0 bridgehead atoms. The zero-order valence-electron chi connectivity index (χ0n) is 24.6. The fourth-order valence-electron chi connectivity index (χ4n) is 4.60. The van der Waals surface area contributed by atoms with E-state index in [0.29, 0.717) is 42.2 Å². The van der Waals surface area contributed by atoms with Crippen molar-refractivity contribution in [2.45, 2.75) is 52.2 Å². The molecule has 2 aromatic carbocycles. The largest absolute Gasteiger partial charge is 0.461 e. The summed E-state index contributed by atoms with van der Waals surface area (Å²) in [4.78, 5) is 28.3. The van der Waals surface area contributed by atoms with Crippen LogP contribution in [0.3, 0.4) is 0 Å². The van der Waals surface area contributed by atoms with Crippen LogP contribution in [0.25, 0.3) is 11.1 Å². The van der Waals surface area contributed by atoms with Crippen LogP contribution in [0.15, 0.2) is 80.4 Å². The Morgan fingerprint density at radius 1 is 1.02 bits per heavy atom. The summed E-state index contributed by atoms with van der Waals surface area (Å²) in [6, 6.07) is 11.3. The zero-order chi connectivity index (χ0) is 30.6. The molecule has 0 saturated heterocycles. The van der Waals surface area contributed by atoms with E-state index in [4.69, 9.17) is 21.1 Å². The summed E-state index contributed by atoms with van der Waals surface area (Å²) in [7, 11) is 0. The Labute approximate surface area is 248 Å². The number of hydrogen-bond acceptors (Lipinski definition) is 5. The van der Waals surface area contributed by atoms with E-state index in [-0.39, 0.29) is 18.8 Å². The number of hydrogen-bond donors (Lipinski definition) is 1. The van der Waals surface area contributed by atoms with Crippen LogP contribution >= 0.6 is 11.6 Å². The molecule has 0 aliphatic heterocycles. The highest BCUT2D eigenvalue weighted by atomic mass is 35.5. The van der Waals surface area contributed by atoms with Gasteiger partial charge in [-0.3, -0.25) is 9.69 Å². The summed E-state index contributed by atoms with van der Waals surface area (Å²) >= 11 is 6.08. The number of amides is 1. The maximum absolute atomic E-state index is 14.4. The summed E-state index contributed by atoms with van der Waals surface area (Å²) in [6.07, 6.45) is 5.11. The number of benzene rings is 2. The summed E-state index contributed by atoms with van der Waals surface area (Å²) in [5.41, 5.74) is 0.252. The zero-order valence-corrected chi connectivity index (χ0v) is 25.3. The first kappa shape index (κ1) is 33.8. The Bertz CT molecular complexity index is 1200. The minimum atomic E-state index is -1.00. The van der Waals surface area contributed by atoms with Gasteiger partial charge >= 0.3 is 12.1 Å². The third-order valence-corrected chi connectivity index (χ3v) is 6.50. The lowest BCUT2D eigenvalue weighted by molar-refractivity contribution is -0.155. The molecular formula is C33H42ClFN2O4. The Balaban J connectivity index is 2.40. The molecule has 0 fully saturated rings. The lowest BCUT2D eigenvalue weighted by Gasteiger charge is -2.36. The van der Waals surface area contributed by atoms with E-state index < -0.39 is 29.1 Å². The van der Waals surface area contributed by atoms with Crippen LogP contribution < -0.4 is 5.32 Å². The third kappa shape index (κ3) is 11.2. The normalized spacial score (nSPS) is 13.5. The second-order valence-corrected chi connectivity index (χ2v) is 11.7. The van der Waals surface area contributed by atoms with Crippen LogP contribution in [-0.2, 0) is 20.7 Å². The van der Waals surface area contributed by atoms with Gasteiger partial charge in [0.2, 0.25) is 0 Å². The highest BCUT2D eigenvalue weighted by Gasteiger charge is 2.39. The molecule has 1 amide bonds. The molecule has 2 rings (SSSR count). The molecule has 222 valence electrons. The minimum absolute atomic E-state index is 0.0724. The van der Waals surface area contributed by atoms with Crippen molar-refractivity contribution in [3.63, 3.8) is 0 Å². The smallest absolute Gasteiger partial charge is 0.407 e. The highest BCUT2D eigenvalue weighted by Crippen LogP contribution is 2.30. The second-order valence-electron chi connectivity index (χ2n) is 11.3. The van der Waals surface area contributed by atoms with E-state index in [1.807, 2.05) is 36.1 Å². The molecule has 0 aromatic heterocycles. The van der Waals surface area contributed by atoms with Crippen LogP contribution in [0, 0.1) is 11.2 Å². The van der Waals surface area contributed by atoms with E-state index >= 15 is 0 Å². The molecule has 0 saturated carbocycles. The van der Waals surface area contributed by atoms with Crippen molar-refractivity contribution in [3.05, 3.63) is 96.8 Å². The number of carbonyl (C=O) groups is 2. The van der Waals surface area contributed by atoms with Gasteiger partial charge in [0.15, 0.2) is 0 Å². The molecule has 8 heteroatoms. The van der Waals surface area contributed by atoms with Gasteiger partial charge in [0, 0.05) is 36.3 Å².